The number of aromatic amines is 1. The molecule has 2 aromatic heterocycles. The molecule has 0 atom stereocenters. The van der Waals surface area contributed by atoms with E-state index < -0.39 is 15.8 Å². The second-order valence-electron chi connectivity index (χ2n) is 6.86. The van der Waals surface area contributed by atoms with E-state index in [0.29, 0.717) is 27.5 Å². The highest BCUT2D eigenvalue weighted by Crippen LogP contribution is 2.35. The molecule has 0 aliphatic rings. The van der Waals surface area contributed by atoms with Gasteiger partial charge in [-0.1, -0.05) is 42.5 Å². The molecule has 3 aromatic carbocycles. The fourth-order valence-corrected chi connectivity index (χ4v) is 4.95. The molecule has 0 aliphatic carbocycles. The molecule has 29 heavy (non-hydrogen) atoms. The Balaban J connectivity index is 1.77. The highest BCUT2D eigenvalue weighted by atomic mass is 32.2. The summed E-state index contributed by atoms with van der Waals surface area (Å²) in [6, 6.07) is 18.9. The van der Waals surface area contributed by atoms with Gasteiger partial charge < -0.3 is 4.98 Å². The number of nitrogens with one attached hydrogen (secondary N) is 1. The molecule has 0 radical (unpaired) electrons. The Hall–Kier alpha value is -3.45. The molecule has 0 spiro atoms. The van der Waals surface area contributed by atoms with Gasteiger partial charge in [-0.25, -0.2) is 4.39 Å². The fraction of sp³-hybridized carbons (Fsp3) is 0.0455. The van der Waals surface area contributed by atoms with Crippen molar-refractivity contribution in [2.24, 2.45) is 0 Å². The Kier molecular flexibility index (Phi) is 3.82. The number of halogens is 1. The third-order valence-corrected chi connectivity index (χ3v) is 6.72. The quantitative estimate of drug-likeness (QED) is 0.466. The maximum Gasteiger partial charge on any atom is 0.283 e. The minimum Gasteiger partial charge on any atom is -0.352 e. The second-order valence-corrected chi connectivity index (χ2v) is 8.62. The summed E-state index contributed by atoms with van der Waals surface area (Å²) in [5.74, 6) is -0.420. The van der Waals surface area contributed by atoms with Gasteiger partial charge in [0, 0.05) is 21.9 Å². The molecule has 5 rings (SSSR count). The van der Waals surface area contributed by atoms with E-state index in [2.05, 4.69) is 10.1 Å². The van der Waals surface area contributed by atoms with Crippen molar-refractivity contribution in [2.45, 2.75) is 11.8 Å². The fourth-order valence-electron chi connectivity index (χ4n) is 3.66. The van der Waals surface area contributed by atoms with Gasteiger partial charge in [0.2, 0.25) is 0 Å². The number of nitrogens with zero attached hydrogens (tertiary/aromatic N) is 2. The van der Waals surface area contributed by atoms with Crippen LogP contribution in [0.25, 0.3) is 33.1 Å². The summed E-state index contributed by atoms with van der Waals surface area (Å²) in [5, 5.41) is 4.85. The molecule has 144 valence electrons. The number of benzene rings is 3. The average Bonchev–Trinajstić information content (AvgIpc) is 3.30. The minimum atomic E-state index is -3.88. The first kappa shape index (κ1) is 17.6. The molecule has 0 saturated heterocycles. The van der Waals surface area contributed by atoms with Crippen LogP contribution >= 0.6 is 0 Å². The van der Waals surface area contributed by atoms with Gasteiger partial charge in [0.05, 0.1) is 22.3 Å². The highest BCUT2D eigenvalue weighted by molar-refractivity contribution is 7.90. The molecule has 0 bridgehead atoms. The van der Waals surface area contributed by atoms with Crippen LogP contribution < -0.4 is 0 Å². The number of aromatic nitrogens is 3. The molecule has 0 fully saturated rings. The first-order valence-electron chi connectivity index (χ1n) is 9.03. The number of aryl methyl sites for hydroxylation is 1. The number of H-pyrrole nitrogens is 1. The van der Waals surface area contributed by atoms with Crippen molar-refractivity contribution < 1.29 is 12.8 Å². The number of rotatable bonds is 3. The molecule has 2 heterocycles. The summed E-state index contributed by atoms with van der Waals surface area (Å²) in [6.07, 6.45) is 1.40. The normalized spacial score (nSPS) is 12.1. The van der Waals surface area contributed by atoms with Crippen molar-refractivity contribution in [2.75, 3.05) is 0 Å². The lowest BCUT2D eigenvalue weighted by Gasteiger charge is -2.05. The third kappa shape index (κ3) is 2.58. The number of hydrogen-bond donors (Lipinski definition) is 1. The summed E-state index contributed by atoms with van der Waals surface area (Å²) in [6.45, 7) is 1.92. The van der Waals surface area contributed by atoms with Gasteiger partial charge >= 0.3 is 0 Å². The summed E-state index contributed by atoms with van der Waals surface area (Å²) >= 11 is 0. The van der Waals surface area contributed by atoms with Crippen molar-refractivity contribution in [3.8, 4) is 11.3 Å². The van der Waals surface area contributed by atoms with Gasteiger partial charge in [0.25, 0.3) is 10.0 Å². The summed E-state index contributed by atoms with van der Waals surface area (Å²) in [4.78, 5) is 3.26. The van der Waals surface area contributed by atoms with E-state index in [1.165, 1.54) is 18.3 Å². The van der Waals surface area contributed by atoms with Crippen molar-refractivity contribution in [1.82, 2.24) is 14.2 Å². The first-order chi connectivity index (χ1) is 14.0. The summed E-state index contributed by atoms with van der Waals surface area (Å²) in [7, 11) is -3.88. The van der Waals surface area contributed by atoms with Crippen LogP contribution in [-0.4, -0.2) is 22.6 Å². The lowest BCUT2D eigenvalue weighted by atomic mass is 10.1. The summed E-state index contributed by atoms with van der Waals surface area (Å²) < 4.78 is 42.4. The molecule has 0 unspecified atom stereocenters. The van der Waals surface area contributed by atoms with Gasteiger partial charge in [0.1, 0.15) is 0 Å². The van der Waals surface area contributed by atoms with Crippen LogP contribution in [0.3, 0.4) is 0 Å². The zero-order valence-corrected chi connectivity index (χ0v) is 16.2. The predicted molar refractivity (Wildman–Crippen MR) is 111 cm³/mol. The molecule has 5 aromatic rings. The van der Waals surface area contributed by atoms with E-state index in [0.717, 1.165) is 15.2 Å². The monoisotopic (exact) mass is 405 g/mol. The standard InChI is InChI=1S/C22H16FN3O2S/c1-14-7-5-6-10-16(14)22-21(23)20-17-13-24-26(19(17)12-11-18(20)25-22)29(27,28)15-8-3-2-4-9-15/h2-13,25H,1H3. The van der Waals surface area contributed by atoms with Crippen LogP contribution in [-0.2, 0) is 10.0 Å². The van der Waals surface area contributed by atoms with Crippen molar-refractivity contribution in [3.05, 3.63) is 84.3 Å². The molecule has 0 aliphatic heterocycles. The molecule has 0 amide bonds. The zero-order chi connectivity index (χ0) is 20.2. The Morgan fingerprint density at radius 3 is 2.45 bits per heavy atom. The van der Waals surface area contributed by atoms with E-state index in [1.807, 2.05) is 31.2 Å². The summed E-state index contributed by atoms with van der Waals surface area (Å²) in [5.41, 5.74) is 3.00. The lowest BCUT2D eigenvalue weighted by molar-refractivity contribution is 0.582. The molecule has 5 nitrogen and oxygen atoms in total. The maximum atomic E-state index is 15.4. The molecular weight excluding hydrogens is 389 g/mol. The topological polar surface area (TPSA) is 67.8 Å². The van der Waals surface area contributed by atoms with Crippen LogP contribution in [0.1, 0.15) is 5.56 Å². The Morgan fingerprint density at radius 1 is 0.966 bits per heavy atom. The van der Waals surface area contributed by atoms with Crippen molar-refractivity contribution >= 4 is 31.8 Å². The molecule has 7 heteroatoms. The van der Waals surface area contributed by atoms with Gasteiger partial charge in [-0.05, 0) is 36.8 Å². The third-order valence-electron chi connectivity index (χ3n) is 5.10. The average molecular weight is 405 g/mol. The Labute approximate surface area is 166 Å². The van der Waals surface area contributed by atoms with E-state index in [4.69, 9.17) is 0 Å². The SMILES string of the molecule is Cc1ccccc1-c1[nH]c2ccc3c(cnn3S(=O)(=O)c3ccccc3)c2c1F. The predicted octanol–water partition coefficient (Wildman–Crippen LogP) is 4.87. The van der Waals surface area contributed by atoms with Gasteiger partial charge in [-0.2, -0.15) is 17.6 Å². The molecule has 1 N–H and O–H groups in total. The van der Waals surface area contributed by atoms with E-state index in [-0.39, 0.29) is 4.90 Å². The van der Waals surface area contributed by atoms with Crippen molar-refractivity contribution in [1.29, 1.82) is 0 Å². The minimum absolute atomic E-state index is 0.125. The van der Waals surface area contributed by atoms with E-state index in [1.54, 1.807) is 30.3 Å². The van der Waals surface area contributed by atoms with Crippen LogP contribution in [0.15, 0.2) is 77.8 Å². The Bertz CT molecular complexity index is 1490. The van der Waals surface area contributed by atoms with Gasteiger partial charge in [0.15, 0.2) is 5.82 Å². The second kappa shape index (κ2) is 6.28. The lowest BCUT2D eigenvalue weighted by Crippen LogP contribution is -2.14. The van der Waals surface area contributed by atoms with E-state index >= 15 is 4.39 Å². The van der Waals surface area contributed by atoms with Crippen LogP contribution in [0, 0.1) is 12.7 Å². The zero-order valence-electron chi connectivity index (χ0n) is 15.4. The van der Waals surface area contributed by atoms with E-state index in [9.17, 15) is 8.42 Å². The number of fused-ring (bicyclic) bond motifs is 3. The smallest absolute Gasteiger partial charge is 0.283 e. The van der Waals surface area contributed by atoms with Gasteiger partial charge in [-0.3, -0.25) is 0 Å². The maximum absolute atomic E-state index is 15.4. The van der Waals surface area contributed by atoms with Crippen LogP contribution in [0.2, 0.25) is 0 Å². The van der Waals surface area contributed by atoms with Crippen LogP contribution in [0.5, 0.6) is 0 Å². The molecule has 0 saturated carbocycles. The van der Waals surface area contributed by atoms with Crippen LogP contribution in [0.4, 0.5) is 4.39 Å². The largest absolute Gasteiger partial charge is 0.352 e. The first-order valence-corrected chi connectivity index (χ1v) is 10.5. The van der Waals surface area contributed by atoms with Crippen molar-refractivity contribution in [3.63, 3.8) is 0 Å². The number of hydrogen-bond acceptors (Lipinski definition) is 3. The Morgan fingerprint density at radius 2 is 1.69 bits per heavy atom. The molecular formula is C22H16FN3O2S. The highest BCUT2D eigenvalue weighted by Gasteiger charge is 2.23. The van der Waals surface area contributed by atoms with Gasteiger partial charge in [-0.15, -0.1) is 0 Å².